The van der Waals surface area contributed by atoms with Crippen LogP contribution in [0.1, 0.15) is 37.7 Å². The first-order valence-electron chi connectivity index (χ1n) is 8.26. The number of benzene rings is 1. The lowest BCUT2D eigenvalue weighted by Gasteiger charge is -2.46. The molecule has 1 saturated carbocycles. The van der Waals surface area contributed by atoms with E-state index in [-0.39, 0.29) is 5.41 Å². The third kappa shape index (κ3) is 2.71. The van der Waals surface area contributed by atoms with Gasteiger partial charge in [0, 0.05) is 13.1 Å². The molecule has 1 aliphatic heterocycles. The zero-order chi connectivity index (χ0) is 14.7. The summed E-state index contributed by atoms with van der Waals surface area (Å²) >= 11 is 0. The Kier molecular flexibility index (Phi) is 4.29. The molecular weight excluding hydrogens is 260 g/mol. The summed E-state index contributed by atoms with van der Waals surface area (Å²) < 4.78 is 0. The van der Waals surface area contributed by atoms with Crippen LogP contribution in [-0.2, 0) is 10.2 Å². The van der Waals surface area contributed by atoms with E-state index in [9.17, 15) is 4.79 Å². The highest BCUT2D eigenvalue weighted by Gasteiger charge is 2.48. The summed E-state index contributed by atoms with van der Waals surface area (Å²) in [5, 5.41) is 3.26. The number of piperidine rings is 1. The van der Waals surface area contributed by atoms with Gasteiger partial charge in [0.25, 0.3) is 0 Å². The lowest BCUT2D eigenvalue weighted by Crippen LogP contribution is -2.54. The van der Waals surface area contributed by atoms with Gasteiger partial charge >= 0.3 is 0 Å². The molecular formula is C18H26N2O. The smallest absolute Gasteiger partial charge is 0.233 e. The molecule has 1 N–H and O–H groups in total. The summed E-state index contributed by atoms with van der Waals surface area (Å²) in [5.41, 5.74) is 1.000. The van der Waals surface area contributed by atoms with Gasteiger partial charge < -0.3 is 10.2 Å². The molecule has 0 aromatic heterocycles. The molecule has 1 aromatic rings. The normalized spacial score (nSPS) is 24.4. The highest BCUT2D eigenvalue weighted by Crippen LogP contribution is 2.45. The first-order valence-corrected chi connectivity index (χ1v) is 8.26. The van der Waals surface area contributed by atoms with Crippen molar-refractivity contribution in [2.75, 3.05) is 26.7 Å². The Balaban J connectivity index is 1.77. The Morgan fingerprint density at radius 2 is 2.05 bits per heavy atom. The van der Waals surface area contributed by atoms with Crippen LogP contribution in [-0.4, -0.2) is 37.5 Å². The summed E-state index contributed by atoms with van der Waals surface area (Å²) in [5.74, 6) is 0.987. The van der Waals surface area contributed by atoms with E-state index in [1.807, 2.05) is 13.1 Å². The topological polar surface area (TPSA) is 32.3 Å². The van der Waals surface area contributed by atoms with Gasteiger partial charge in [-0.05, 0) is 50.8 Å². The maximum Gasteiger partial charge on any atom is 0.233 e. The van der Waals surface area contributed by atoms with E-state index < -0.39 is 0 Å². The monoisotopic (exact) mass is 286 g/mol. The highest BCUT2D eigenvalue weighted by atomic mass is 16.2. The van der Waals surface area contributed by atoms with Crippen LogP contribution in [0.2, 0.25) is 0 Å². The summed E-state index contributed by atoms with van der Waals surface area (Å²) in [4.78, 5) is 15.3. The van der Waals surface area contributed by atoms with E-state index in [4.69, 9.17) is 0 Å². The quantitative estimate of drug-likeness (QED) is 0.922. The molecule has 0 radical (unpaired) electrons. The molecule has 2 fully saturated rings. The van der Waals surface area contributed by atoms with Gasteiger partial charge in [-0.25, -0.2) is 0 Å². The predicted molar refractivity (Wildman–Crippen MR) is 85.2 cm³/mol. The summed E-state index contributed by atoms with van der Waals surface area (Å²) in [6.45, 7) is 2.88. The highest BCUT2D eigenvalue weighted by molar-refractivity contribution is 5.89. The average molecular weight is 286 g/mol. The van der Waals surface area contributed by atoms with Crippen molar-refractivity contribution in [3.8, 4) is 0 Å². The molecule has 1 saturated heterocycles. The van der Waals surface area contributed by atoms with Gasteiger partial charge in [0.15, 0.2) is 0 Å². The van der Waals surface area contributed by atoms with E-state index in [0.29, 0.717) is 11.8 Å². The number of hydrogen-bond donors (Lipinski definition) is 1. The second-order valence-corrected chi connectivity index (χ2v) is 6.62. The van der Waals surface area contributed by atoms with Crippen LogP contribution in [0, 0.1) is 5.92 Å². The number of carbonyl (C=O) groups is 1. The van der Waals surface area contributed by atoms with Gasteiger partial charge in [-0.3, -0.25) is 4.79 Å². The maximum absolute atomic E-state index is 13.2. The zero-order valence-corrected chi connectivity index (χ0v) is 13.0. The molecule has 1 aliphatic carbocycles. The van der Waals surface area contributed by atoms with Crippen LogP contribution in [0.5, 0.6) is 0 Å². The van der Waals surface area contributed by atoms with Crippen LogP contribution in [0.15, 0.2) is 30.3 Å². The SMILES string of the molecule is CNCC1CCCN(C(=O)C2(c3ccccc3)CCC2)C1. The molecule has 114 valence electrons. The molecule has 3 rings (SSSR count). The van der Waals surface area contributed by atoms with E-state index in [2.05, 4.69) is 34.5 Å². The van der Waals surface area contributed by atoms with Gasteiger partial charge in [-0.2, -0.15) is 0 Å². The van der Waals surface area contributed by atoms with E-state index in [1.54, 1.807) is 0 Å². The van der Waals surface area contributed by atoms with Crippen molar-refractivity contribution < 1.29 is 4.79 Å². The van der Waals surface area contributed by atoms with Gasteiger partial charge in [0.1, 0.15) is 0 Å². The molecule has 3 heteroatoms. The Morgan fingerprint density at radius 3 is 2.67 bits per heavy atom. The van der Waals surface area contributed by atoms with Gasteiger partial charge in [0.05, 0.1) is 5.41 Å². The first-order chi connectivity index (χ1) is 10.3. The minimum absolute atomic E-state index is 0.219. The number of rotatable bonds is 4. The third-order valence-corrected chi connectivity index (χ3v) is 5.24. The van der Waals surface area contributed by atoms with E-state index in [0.717, 1.165) is 38.9 Å². The molecule has 2 aliphatic rings. The number of nitrogens with zero attached hydrogens (tertiary/aromatic N) is 1. The fourth-order valence-electron chi connectivity index (χ4n) is 3.92. The largest absolute Gasteiger partial charge is 0.342 e. The summed E-state index contributed by atoms with van der Waals surface area (Å²) in [6.07, 6.45) is 5.59. The zero-order valence-electron chi connectivity index (χ0n) is 13.0. The standard InChI is InChI=1S/C18H26N2O/c1-19-13-15-7-5-12-20(14-15)17(21)18(10-6-11-18)16-8-3-2-4-9-16/h2-4,8-9,15,19H,5-7,10-14H2,1H3. The third-order valence-electron chi connectivity index (χ3n) is 5.24. The molecule has 1 unspecified atom stereocenters. The van der Waals surface area contributed by atoms with Crippen molar-refractivity contribution in [2.24, 2.45) is 5.92 Å². The van der Waals surface area contributed by atoms with Crippen LogP contribution >= 0.6 is 0 Å². The lowest BCUT2D eigenvalue weighted by atomic mass is 9.63. The minimum atomic E-state index is -0.219. The number of nitrogens with one attached hydrogen (secondary N) is 1. The molecule has 0 spiro atoms. The fraction of sp³-hybridized carbons (Fsp3) is 0.611. The van der Waals surface area contributed by atoms with E-state index >= 15 is 0 Å². The van der Waals surface area contributed by atoms with Gasteiger partial charge in [-0.15, -0.1) is 0 Å². The van der Waals surface area contributed by atoms with Crippen molar-refractivity contribution in [1.82, 2.24) is 10.2 Å². The van der Waals surface area contributed by atoms with Crippen LogP contribution in [0.4, 0.5) is 0 Å². The number of amides is 1. The summed E-state index contributed by atoms with van der Waals surface area (Å²) in [6, 6.07) is 10.4. The van der Waals surface area contributed by atoms with Gasteiger partial charge in [-0.1, -0.05) is 36.8 Å². The van der Waals surface area contributed by atoms with Crippen molar-refractivity contribution in [2.45, 2.75) is 37.5 Å². The fourth-order valence-corrected chi connectivity index (χ4v) is 3.92. The number of carbonyl (C=O) groups excluding carboxylic acids is 1. The van der Waals surface area contributed by atoms with Crippen LogP contribution in [0.3, 0.4) is 0 Å². The van der Waals surface area contributed by atoms with Crippen molar-refractivity contribution in [3.63, 3.8) is 0 Å². The molecule has 1 atom stereocenters. The van der Waals surface area contributed by atoms with Gasteiger partial charge in [0.2, 0.25) is 5.91 Å². The van der Waals surface area contributed by atoms with Crippen molar-refractivity contribution in [3.05, 3.63) is 35.9 Å². The molecule has 1 amide bonds. The van der Waals surface area contributed by atoms with Crippen LogP contribution < -0.4 is 5.32 Å². The van der Waals surface area contributed by atoms with E-state index in [1.165, 1.54) is 18.4 Å². The Hall–Kier alpha value is -1.35. The second kappa shape index (κ2) is 6.18. The Labute approximate surface area is 127 Å². The maximum atomic E-state index is 13.2. The number of hydrogen-bond acceptors (Lipinski definition) is 2. The first kappa shape index (κ1) is 14.6. The molecule has 3 nitrogen and oxygen atoms in total. The molecule has 0 bridgehead atoms. The predicted octanol–water partition coefficient (Wildman–Crippen LogP) is 2.57. The minimum Gasteiger partial charge on any atom is -0.342 e. The summed E-state index contributed by atoms with van der Waals surface area (Å²) in [7, 11) is 2.00. The number of likely N-dealkylation sites (tertiary alicyclic amines) is 1. The van der Waals surface area contributed by atoms with Crippen molar-refractivity contribution in [1.29, 1.82) is 0 Å². The second-order valence-electron chi connectivity index (χ2n) is 6.62. The molecule has 1 aromatic carbocycles. The Morgan fingerprint density at radius 1 is 1.29 bits per heavy atom. The average Bonchev–Trinajstić information content (AvgIpc) is 2.48. The molecule has 1 heterocycles. The van der Waals surface area contributed by atoms with Crippen molar-refractivity contribution >= 4 is 5.91 Å². The Bertz CT molecular complexity index is 479. The van der Waals surface area contributed by atoms with Crippen LogP contribution in [0.25, 0.3) is 0 Å². The molecule has 21 heavy (non-hydrogen) atoms. The lowest BCUT2D eigenvalue weighted by molar-refractivity contribution is -0.142.